The zero-order valence-electron chi connectivity index (χ0n) is 11.6. The molecule has 106 valence electrons. The van der Waals surface area contributed by atoms with Crippen molar-refractivity contribution in [1.82, 2.24) is 0 Å². The minimum Gasteiger partial charge on any atom is -0.550 e. The Labute approximate surface area is 108 Å². The molecule has 0 heterocycles. The Morgan fingerprint density at radius 1 is 1.28 bits per heavy atom. The van der Waals surface area contributed by atoms with Crippen molar-refractivity contribution in [2.24, 2.45) is 0 Å². The van der Waals surface area contributed by atoms with Crippen LogP contribution in [-0.4, -0.2) is 61.9 Å². The maximum atomic E-state index is 11.0. The highest BCUT2D eigenvalue weighted by Gasteiger charge is 2.14. The Morgan fingerprint density at radius 3 is 2.06 bits per heavy atom. The maximum absolute atomic E-state index is 11.0. The largest absolute Gasteiger partial charge is 0.550 e. The van der Waals surface area contributed by atoms with Crippen LogP contribution in [0.4, 0.5) is 0 Å². The number of hydrogen-bond acceptors (Lipinski definition) is 5. The molecule has 0 rings (SSSR count). The summed E-state index contributed by atoms with van der Waals surface area (Å²) in [7, 11) is 3.95. The van der Waals surface area contributed by atoms with Gasteiger partial charge < -0.3 is 24.2 Å². The highest BCUT2D eigenvalue weighted by Crippen LogP contribution is 1.97. The fraction of sp³-hybridized carbons (Fsp3) is 0.667. The van der Waals surface area contributed by atoms with E-state index in [2.05, 4.69) is 6.58 Å². The Balaban J connectivity index is 0. The third kappa shape index (κ3) is 14.6. The highest BCUT2D eigenvalue weighted by atomic mass is 16.5. The van der Waals surface area contributed by atoms with Crippen molar-refractivity contribution >= 4 is 11.9 Å². The molecule has 0 aromatic rings. The Kier molecular flexibility index (Phi) is 10.1. The number of esters is 1. The second kappa shape index (κ2) is 9.61. The normalized spacial score (nSPS) is 10.1. The number of hydrogen-bond donors (Lipinski definition) is 1. The van der Waals surface area contributed by atoms with Crippen molar-refractivity contribution in [1.29, 1.82) is 0 Å². The van der Waals surface area contributed by atoms with Crippen molar-refractivity contribution in [3.8, 4) is 0 Å². The van der Waals surface area contributed by atoms with E-state index in [1.54, 1.807) is 6.92 Å². The molecule has 0 aromatic carbocycles. The van der Waals surface area contributed by atoms with Crippen molar-refractivity contribution in [2.45, 2.75) is 13.8 Å². The number of carbonyl (C=O) groups excluding carboxylic acids is 2. The van der Waals surface area contributed by atoms with E-state index >= 15 is 0 Å². The number of aliphatic carboxylic acids is 1. The Bertz CT molecular complexity index is 282. The number of aliphatic hydroxyl groups is 1. The molecule has 0 fully saturated rings. The van der Waals surface area contributed by atoms with E-state index < -0.39 is 5.97 Å². The molecular formula is C12H23NO5. The van der Waals surface area contributed by atoms with Crippen LogP contribution >= 0.6 is 0 Å². The first kappa shape index (κ1) is 19.0. The summed E-state index contributed by atoms with van der Waals surface area (Å²) in [5.41, 5.74) is 0.414. The summed E-state index contributed by atoms with van der Waals surface area (Å²) in [6.07, 6.45) is 0. The predicted octanol–water partition coefficient (Wildman–Crippen LogP) is -1.07. The standard InChI is InChI=1S/C10H20NO3.C2H4O2/c1-9(2)10(13)14-8-6-11(3,4)5-7-12;1-2(3)4/h12H,1,5-8H2,2-4H3;1H3,(H,3,4)/q+1;/p-1. The summed E-state index contributed by atoms with van der Waals surface area (Å²) in [4.78, 5) is 19.9. The molecule has 0 aliphatic carbocycles. The molecule has 1 N–H and O–H groups in total. The van der Waals surface area contributed by atoms with E-state index in [4.69, 9.17) is 19.7 Å². The van der Waals surface area contributed by atoms with Crippen LogP contribution in [0, 0.1) is 0 Å². The van der Waals surface area contributed by atoms with Crippen molar-refractivity contribution in [2.75, 3.05) is 40.4 Å². The van der Waals surface area contributed by atoms with Gasteiger partial charge in [0.1, 0.15) is 19.7 Å². The first-order valence-electron chi connectivity index (χ1n) is 5.55. The van der Waals surface area contributed by atoms with Gasteiger partial charge >= 0.3 is 5.97 Å². The van der Waals surface area contributed by atoms with Gasteiger partial charge in [-0.05, 0) is 13.8 Å². The lowest BCUT2D eigenvalue weighted by Crippen LogP contribution is -2.44. The van der Waals surface area contributed by atoms with E-state index in [0.717, 1.165) is 6.92 Å². The molecule has 18 heavy (non-hydrogen) atoms. The fourth-order valence-corrected chi connectivity index (χ4v) is 0.891. The van der Waals surface area contributed by atoms with Crippen LogP contribution in [0.2, 0.25) is 0 Å². The highest BCUT2D eigenvalue weighted by molar-refractivity contribution is 5.86. The number of rotatable bonds is 6. The van der Waals surface area contributed by atoms with Gasteiger partial charge in [0.2, 0.25) is 0 Å². The quantitative estimate of drug-likeness (QED) is 0.374. The number of aliphatic hydroxyl groups excluding tert-OH is 1. The molecule has 6 nitrogen and oxygen atoms in total. The van der Waals surface area contributed by atoms with Gasteiger partial charge in [0.15, 0.2) is 0 Å². The molecule has 0 spiro atoms. The molecule has 6 heteroatoms. The van der Waals surface area contributed by atoms with Crippen LogP contribution in [-0.2, 0) is 14.3 Å². The van der Waals surface area contributed by atoms with Crippen molar-refractivity contribution in [3.63, 3.8) is 0 Å². The SMILES string of the molecule is C=C(C)C(=O)OCC[N+](C)(C)CCO.CC(=O)[O-]. The summed E-state index contributed by atoms with van der Waals surface area (Å²) in [5.74, 6) is -1.44. The Hall–Kier alpha value is -1.40. The van der Waals surface area contributed by atoms with Crippen LogP contribution in [0.15, 0.2) is 12.2 Å². The monoisotopic (exact) mass is 261 g/mol. The smallest absolute Gasteiger partial charge is 0.333 e. The molecule has 0 aromatic heterocycles. The molecule has 0 unspecified atom stereocenters. The molecule has 0 radical (unpaired) electrons. The average Bonchev–Trinajstić information content (AvgIpc) is 2.15. The van der Waals surface area contributed by atoms with Crippen LogP contribution in [0.1, 0.15) is 13.8 Å². The number of likely N-dealkylation sites (N-methyl/N-ethyl adjacent to an activating group) is 1. The third-order valence-electron chi connectivity index (χ3n) is 1.98. The lowest BCUT2D eigenvalue weighted by Gasteiger charge is -2.28. The molecule has 0 saturated heterocycles. The van der Waals surface area contributed by atoms with Gasteiger partial charge in [-0.2, -0.15) is 0 Å². The second-order valence-electron chi connectivity index (χ2n) is 4.51. The van der Waals surface area contributed by atoms with Crippen LogP contribution < -0.4 is 5.11 Å². The van der Waals surface area contributed by atoms with Gasteiger partial charge in [-0.1, -0.05) is 6.58 Å². The van der Waals surface area contributed by atoms with E-state index in [1.165, 1.54) is 0 Å². The zero-order chi connectivity index (χ0) is 14.8. The van der Waals surface area contributed by atoms with Crippen LogP contribution in [0.3, 0.4) is 0 Å². The third-order valence-corrected chi connectivity index (χ3v) is 1.98. The zero-order valence-corrected chi connectivity index (χ0v) is 11.6. The second-order valence-corrected chi connectivity index (χ2v) is 4.51. The van der Waals surface area contributed by atoms with Crippen molar-refractivity contribution < 1.29 is 29.0 Å². The van der Waals surface area contributed by atoms with Gasteiger partial charge in [0, 0.05) is 11.5 Å². The number of carbonyl (C=O) groups is 2. The van der Waals surface area contributed by atoms with E-state index in [-0.39, 0.29) is 12.6 Å². The van der Waals surface area contributed by atoms with Gasteiger partial charge in [-0.25, -0.2) is 4.79 Å². The lowest BCUT2D eigenvalue weighted by molar-refractivity contribution is -0.890. The van der Waals surface area contributed by atoms with E-state index in [1.807, 2.05) is 14.1 Å². The molecule has 0 aliphatic rings. The minimum atomic E-state index is -1.08. The van der Waals surface area contributed by atoms with Gasteiger partial charge in [0.05, 0.1) is 20.7 Å². The minimum absolute atomic E-state index is 0.140. The summed E-state index contributed by atoms with van der Waals surface area (Å²) < 4.78 is 5.59. The first-order chi connectivity index (χ1) is 8.12. The van der Waals surface area contributed by atoms with E-state index in [9.17, 15) is 4.79 Å². The first-order valence-corrected chi connectivity index (χ1v) is 5.55. The molecule has 0 amide bonds. The van der Waals surface area contributed by atoms with E-state index in [0.29, 0.717) is 29.8 Å². The number of nitrogens with zero attached hydrogens (tertiary/aromatic N) is 1. The maximum Gasteiger partial charge on any atom is 0.333 e. The number of carboxylic acid groups (broad SMARTS) is 1. The van der Waals surface area contributed by atoms with Gasteiger partial charge in [-0.3, -0.25) is 0 Å². The number of carboxylic acids is 1. The fourth-order valence-electron chi connectivity index (χ4n) is 0.891. The van der Waals surface area contributed by atoms with Gasteiger partial charge in [0.25, 0.3) is 0 Å². The summed E-state index contributed by atoms with van der Waals surface area (Å²) in [6, 6.07) is 0. The summed E-state index contributed by atoms with van der Waals surface area (Å²) >= 11 is 0. The number of quaternary nitrogens is 1. The van der Waals surface area contributed by atoms with Crippen molar-refractivity contribution in [3.05, 3.63) is 12.2 Å². The molecule has 0 saturated carbocycles. The molecule has 0 atom stereocenters. The van der Waals surface area contributed by atoms with Crippen LogP contribution in [0.5, 0.6) is 0 Å². The lowest BCUT2D eigenvalue weighted by atomic mass is 10.4. The predicted molar refractivity (Wildman–Crippen MR) is 65.4 cm³/mol. The van der Waals surface area contributed by atoms with Crippen LogP contribution in [0.25, 0.3) is 0 Å². The molecule has 0 bridgehead atoms. The topological polar surface area (TPSA) is 86.7 Å². The average molecular weight is 261 g/mol. The Morgan fingerprint density at radius 2 is 1.72 bits per heavy atom. The summed E-state index contributed by atoms with van der Waals surface area (Å²) in [5, 5.41) is 17.7. The molecule has 0 aliphatic heterocycles. The summed E-state index contributed by atoms with van der Waals surface area (Å²) in [6.45, 7) is 7.93. The van der Waals surface area contributed by atoms with Gasteiger partial charge in [-0.15, -0.1) is 0 Å². The number of ether oxygens (including phenoxy) is 1. The molecular weight excluding hydrogens is 238 g/mol.